The normalized spacial score (nSPS) is 18.5. The lowest BCUT2D eigenvalue weighted by Crippen LogP contribution is -2.35. The smallest absolute Gasteiger partial charge is 0.270 e. The number of nitrogens with two attached hydrogens (primary N) is 1. The number of hydrogen-bond acceptors (Lipinski definition) is 5. The number of benzene rings is 1. The molecule has 1 amide bonds. The van der Waals surface area contributed by atoms with Gasteiger partial charge in [-0.05, 0) is 25.3 Å². The van der Waals surface area contributed by atoms with Crippen LogP contribution in [-0.2, 0) is 4.74 Å². The highest BCUT2D eigenvalue weighted by Gasteiger charge is 2.18. The molecule has 1 aromatic rings. The molecule has 0 aliphatic carbocycles. The van der Waals surface area contributed by atoms with Crippen molar-refractivity contribution in [2.45, 2.75) is 25.4 Å². The van der Waals surface area contributed by atoms with Gasteiger partial charge in [0, 0.05) is 31.0 Å². The summed E-state index contributed by atoms with van der Waals surface area (Å²) < 4.78 is 5.50. The van der Waals surface area contributed by atoms with Gasteiger partial charge in [-0.25, -0.2) is 0 Å². The van der Waals surface area contributed by atoms with Gasteiger partial charge in [0.25, 0.3) is 11.6 Å². The number of carbonyl (C=O) groups excluding carboxylic acids is 1. The van der Waals surface area contributed by atoms with Crippen molar-refractivity contribution in [3.63, 3.8) is 0 Å². The van der Waals surface area contributed by atoms with E-state index in [1.807, 2.05) is 0 Å². The molecule has 0 bridgehead atoms. The molecule has 0 saturated carbocycles. The van der Waals surface area contributed by atoms with E-state index in [1.54, 1.807) is 0 Å². The van der Waals surface area contributed by atoms with Crippen molar-refractivity contribution < 1.29 is 14.5 Å². The number of ether oxygens (including phenoxy) is 1. The Morgan fingerprint density at radius 3 is 2.95 bits per heavy atom. The molecule has 1 fully saturated rings. The topological polar surface area (TPSA) is 107 Å². The molecule has 1 aliphatic heterocycles. The molecular weight excluding hydrogens is 262 g/mol. The van der Waals surface area contributed by atoms with E-state index in [-0.39, 0.29) is 23.0 Å². The minimum absolute atomic E-state index is 0.00706. The second kappa shape index (κ2) is 6.33. The molecule has 20 heavy (non-hydrogen) atoms. The fourth-order valence-corrected chi connectivity index (χ4v) is 2.12. The van der Waals surface area contributed by atoms with Crippen LogP contribution < -0.4 is 11.1 Å². The zero-order valence-electron chi connectivity index (χ0n) is 11.0. The van der Waals surface area contributed by atoms with Gasteiger partial charge in [-0.15, -0.1) is 0 Å². The fraction of sp³-hybridized carbons (Fsp3) is 0.462. The number of nitro benzene ring substituents is 1. The quantitative estimate of drug-likeness (QED) is 0.493. The number of nitrogens with one attached hydrogen (secondary N) is 1. The SMILES string of the molecule is Nc1ccc([N+](=O)[O-])cc1C(=O)NCC1CCCCO1. The molecule has 0 aromatic heterocycles. The molecule has 1 aliphatic rings. The molecule has 1 heterocycles. The number of hydrogen-bond donors (Lipinski definition) is 2. The summed E-state index contributed by atoms with van der Waals surface area (Å²) in [6.45, 7) is 1.10. The third kappa shape index (κ3) is 3.45. The third-order valence-corrected chi connectivity index (χ3v) is 3.26. The van der Waals surface area contributed by atoms with Crippen LogP contribution in [0.4, 0.5) is 11.4 Å². The van der Waals surface area contributed by atoms with Crippen LogP contribution in [0.5, 0.6) is 0 Å². The van der Waals surface area contributed by atoms with Gasteiger partial charge in [-0.3, -0.25) is 14.9 Å². The molecular formula is C13H17N3O4. The first-order valence-corrected chi connectivity index (χ1v) is 6.51. The van der Waals surface area contributed by atoms with Gasteiger partial charge in [-0.2, -0.15) is 0 Å². The molecule has 3 N–H and O–H groups in total. The largest absolute Gasteiger partial charge is 0.398 e. The van der Waals surface area contributed by atoms with Crippen LogP contribution in [0.1, 0.15) is 29.6 Å². The minimum Gasteiger partial charge on any atom is -0.398 e. The van der Waals surface area contributed by atoms with Crippen LogP contribution in [-0.4, -0.2) is 30.1 Å². The maximum Gasteiger partial charge on any atom is 0.270 e. The average molecular weight is 279 g/mol. The summed E-state index contributed by atoms with van der Waals surface area (Å²) in [5.41, 5.74) is 5.87. The van der Waals surface area contributed by atoms with E-state index in [4.69, 9.17) is 10.5 Å². The van der Waals surface area contributed by atoms with Gasteiger partial charge in [-0.1, -0.05) is 0 Å². The molecule has 2 rings (SSSR count). The molecule has 1 saturated heterocycles. The Balaban J connectivity index is 2.00. The summed E-state index contributed by atoms with van der Waals surface area (Å²) in [7, 11) is 0. The third-order valence-electron chi connectivity index (χ3n) is 3.26. The van der Waals surface area contributed by atoms with Crippen LogP contribution in [0.15, 0.2) is 18.2 Å². The molecule has 1 unspecified atom stereocenters. The van der Waals surface area contributed by atoms with Gasteiger partial charge in [0.2, 0.25) is 0 Å². The van der Waals surface area contributed by atoms with Crippen molar-refractivity contribution in [2.75, 3.05) is 18.9 Å². The van der Waals surface area contributed by atoms with Gasteiger partial charge >= 0.3 is 0 Å². The molecule has 0 spiro atoms. The Morgan fingerprint density at radius 1 is 1.50 bits per heavy atom. The number of non-ortho nitro benzene ring substituents is 1. The van der Waals surface area contributed by atoms with Crippen molar-refractivity contribution in [2.24, 2.45) is 0 Å². The molecule has 7 heteroatoms. The van der Waals surface area contributed by atoms with E-state index in [1.165, 1.54) is 18.2 Å². The summed E-state index contributed by atoms with van der Waals surface area (Å²) in [5, 5.41) is 13.4. The number of rotatable bonds is 4. The van der Waals surface area contributed by atoms with Crippen LogP contribution in [0.3, 0.4) is 0 Å². The van der Waals surface area contributed by atoms with E-state index < -0.39 is 10.8 Å². The van der Waals surface area contributed by atoms with Crippen LogP contribution in [0, 0.1) is 10.1 Å². The summed E-state index contributed by atoms with van der Waals surface area (Å²) in [6, 6.07) is 3.83. The maximum absolute atomic E-state index is 12.0. The van der Waals surface area contributed by atoms with Crippen molar-refractivity contribution in [3.8, 4) is 0 Å². The Labute approximate surface area is 116 Å². The van der Waals surface area contributed by atoms with Gasteiger partial charge < -0.3 is 15.8 Å². The first kappa shape index (κ1) is 14.3. The maximum atomic E-state index is 12.0. The molecule has 0 radical (unpaired) electrons. The molecule has 1 aromatic carbocycles. The molecule has 7 nitrogen and oxygen atoms in total. The lowest BCUT2D eigenvalue weighted by Gasteiger charge is -2.22. The van der Waals surface area contributed by atoms with E-state index in [9.17, 15) is 14.9 Å². The van der Waals surface area contributed by atoms with Crippen molar-refractivity contribution in [1.82, 2.24) is 5.32 Å². The standard InChI is InChI=1S/C13H17N3O4/c14-12-5-4-9(16(18)19)7-11(12)13(17)15-8-10-3-1-2-6-20-10/h4-5,7,10H,1-3,6,8,14H2,(H,15,17). The van der Waals surface area contributed by atoms with Crippen LogP contribution in [0.25, 0.3) is 0 Å². The number of nitrogen functional groups attached to an aromatic ring is 1. The number of carbonyl (C=O) groups is 1. The zero-order chi connectivity index (χ0) is 14.5. The van der Waals surface area contributed by atoms with Crippen LogP contribution in [0.2, 0.25) is 0 Å². The highest BCUT2D eigenvalue weighted by molar-refractivity contribution is 5.99. The summed E-state index contributed by atoms with van der Waals surface area (Å²) in [6.07, 6.45) is 3.04. The number of anilines is 1. The van der Waals surface area contributed by atoms with E-state index >= 15 is 0 Å². The predicted octanol–water partition coefficient (Wildman–Crippen LogP) is 1.48. The summed E-state index contributed by atoms with van der Waals surface area (Å²) >= 11 is 0. The Morgan fingerprint density at radius 2 is 2.30 bits per heavy atom. The lowest BCUT2D eigenvalue weighted by molar-refractivity contribution is -0.384. The van der Waals surface area contributed by atoms with Gasteiger partial charge in [0.15, 0.2) is 0 Å². The summed E-state index contributed by atoms with van der Waals surface area (Å²) in [5.74, 6) is -0.416. The van der Waals surface area contributed by atoms with E-state index in [0.29, 0.717) is 13.2 Å². The van der Waals surface area contributed by atoms with Gasteiger partial charge in [0.1, 0.15) is 0 Å². The average Bonchev–Trinajstić information content (AvgIpc) is 2.46. The number of nitrogens with zero attached hydrogens (tertiary/aromatic N) is 1. The number of nitro groups is 1. The highest BCUT2D eigenvalue weighted by atomic mass is 16.6. The molecule has 108 valence electrons. The lowest BCUT2D eigenvalue weighted by atomic mass is 10.1. The molecule has 1 atom stereocenters. The Bertz CT molecular complexity index is 512. The van der Waals surface area contributed by atoms with Gasteiger partial charge in [0.05, 0.1) is 16.6 Å². The van der Waals surface area contributed by atoms with E-state index in [2.05, 4.69) is 5.32 Å². The van der Waals surface area contributed by atoms with Crippen LogP contribution >= 0.6 is 0 Å². The fourth-order valence-electron chi connectivity index (χ4n) is 2.12. The predicted molar refractivity (Wildman–Crippen MR) is 73.4 cm³/mol. The second-order valence-electron chi connectivity index (χ2n) is 4.73. The highest BCUT2D eigenvalue weighted by Crippen LogP contribution is 2.19. The second-order valence-corrected chi connectivity index (χ2v) is 4.73. The Hall–Kier alpha value is -2.15. The summed E-state index contributed by atoms with van der Waals surface area (Å²) in [4.78, 5) is 22.2. The monoisotopic (exact) mass is 279 g/mol. The van der Waals surface area contributed by atoms with Crippen molar-refractivity contribution in [1.29, 1.82) is 0 Å². The van der Waals surface area contributed by atoms with Crippen molar-refractivity contribution in [3.05, 3.63) is 33.9 Å². The Kier molecular flexibility index (Phi) is 4.52. The van der Waals surface area contributed by atoms with E-state index in [0.717, 1.165) is 19.3 Å². The zero-order valence-corrected chi connectivity index (χ0v) is 11.0. The minimum atomic E-state index is -0.555. The first-order chi connectivity index (χ1) is 9.58. The number of amides is 1. The van der Waals surface area contributed by atoms with Crippen molar-refractivity contribution >= 4 is 17.3 Å². The first-order valence-electron chi connectivity index (χ1n) is 6.51.